The minimum Gasteiger partial charge on any atom is -0.462 e. The summed E-state index contributed by atoms with van der Waals surface area (Å²) in [5.74, 6) is -0.912. The lowest BCUT2D eigenvalue weighted by Crippen LogP contribution is -2.30. The molecular formula is C54H94O6. The van der Waals surface area contributed by atoms with Crippen LogP contribution in [0.15, 0.2) is 60.8 Å². The van der Waals surface area contributed by atoms with E-state index in [2.05, 4.69) is 81.5 Å². The molecule has 1 atom stereocenters. The molecule has 0 aliphatic heterocycles. The SMILES string of the molecule is CC/C=C\C/C=C\C/C=C\CCCCCCCC(=O)OC[C@H](COC(=O)CCCCCCC/C=C\C/C=C\CCCCC)OC(=O)CCCCCCCCCCCCCC. The number of unbranched alkanes of at least 4 members (excludes halogenated alkanes) is 24. The normalized spacial score (nSPS) is 12.5. The van der Waals surface area contributed by atoms with Crippen molar-refractivity contribution in [3.05, 3.63) is 60.8 Å². The van der Waals surface area contributed by atoms with Crippen LogP contribution in [0, 0.1) is 0 Å². The number of carbonyl (C=O) groups is 3. The average molecular weight is 839 g/mol. The highest BCUT2D eigenvalue weighted by molar-refractivity contribution is 5.71. The average Bonchev–Trinajstić information content (AvgIpc) is 3.24. The second-order valence-corrected chi connectivity index (χ2v) is 16.7. The van der Waals surface area contributed by atoms with E-state index in [-0.39, 0.29) is 31.1 Å². The Hall–Kier alpha value is -2.89. The summed E-state index contributed by atoms with van der Waals surface area (Å²) >= 11 is 0. The van der Waals surface area contributed by atoms with Gasteiger partial charge < -0.3 is 14.2 Å². The number of carbonyl (C=O) groups excluding carboxylic acids is 3. The van der Waals surface area contributed by atoms with Gasteiger partial charge in [-0.05, 0) is 83.5 Å². The molecule has 0 amide bonds. The lowest BCUT2D eigenvalue weighted by molar-refractivity contribution is -0.167. The second kappa shape index (κ2) is 48.8. The van der Waals surface area contributed by atoms with Gasteiger partial charge >= 0.3 is 17.9 Å². The van der Waals surface area contributed by atoms with Gasteiger partial charge in [-0.25, -0.2) is 0 Å². The van der Waals surface area contributed by atoms with Gasteiger partial charge in [0.1, 0.15) is 13.2 Å². The van der Waals surface area contributed by atoms with Gasteiger partial charge in [0.15, 0.2) is 6.10 Å². The van der Waals surface area contributed by atoms with E-state index < -0.39 is 6.10 Å². The largest absolute Gasteiger partial charge is 0.462 e. The Morgan fingerprint density at radius 1 is 0.350 bits per heavy atom. The number of allylic oxidation sites excluding steroid dienone is 10. The first-order chi connectivity index (χ1) is 29.5. The maximum atomic E-state index is 12.8. The molecule has 0 unspecified atom stereocenters. The summed E-state index contributed by atoms with van der Waals surface area (Å²) in [7, 11) is 0. The standard InChI is InChI=1S/C54H94O6/c1-4-7-10-13-16-19-22-25-27-29-32-34-37-40-43-46-52(55)58-49-51(60-54(57)48-45-42-39-36-31-24-21-18-15-12-9-6-3)50-59-53(56)47-44-41-38-35-33-30-28-26-23-20-17-14-11-8-5-2/h7,10,16-17,19-20,25-28,51H,4-6,8-9,11-15,18,21-24,29-50H2,1-3H3/b10-7-,19-16-,20-17-,27-25-,28-26-/t51-/m1/s1. The van der Waals surface area contributed by atoms with Crippen LogP contribution in [-0.2, 0) is 28.6 Å². The molecule has 6 nitrogen and oxygen atoms in total. The Kier molecular flexibility index (Phi) is 46.4. The Bertz CT molecular complexity index is 1100. The Balaban J connectivity index is 4.41. The molecule has 346 valence electrons. The number of hydrogen-bond acceptors (Lipinski definition) is 6. The Morgan fingerprint density at radius 3 is 1.05 bits per heavy atom. The fraction of sp³-hybridized carbons (Fsp3) is 0.759. The predicted octanol–water partition coefficient (Wildman–Crippen LogP) is 16.5. The summed E-state index contributed by atoms with van der Waals surface area (Å²) in [4.78, 5) is 37.9. The summed E-state index contributed by atoms with van der Waals surface area (Å²) in [5, 5.41) is 0. The molecule has 0 saturated heterocycles. The summed E-state index contributed by atoms with van der Waals surface area (Å²) in [6.45, 7) is 6.47. The summed E-state index contributed by atoms with van der Waals surface area (Å²) in [6.07, 6.45) is 59.1. The summed E-state index contributed by atoms with van der Waals surface area (Å²) < 4.78 is 16.8. The van der Waals surface area contributed by atoms with E-state index in [9.17, 15) is 14.4 Å². The van der Waals surface area contributed by atoms with Crippen LogP contribution < -0.4 is 0 Å². The Morgan fingerprint density at radius 2 is 0.650 bits per heavy atom. The zero-order valence-corrected chi connectivity index (χ0v) is 39.5. The third-order valence-corrected chi connectivity index (χ3v) is 10.8. The van der Waals surface area contributed by atoms with E-state index in [0.29, 0.717) is 19.3 Å². The van der Waals surface area contributed by atoms with Crippen molar-refractivity contribution in [1.82, 2.24) is 0 Å². The first kappa shape index (κ1) is 57.1. The van der Waals surface area contributed by atoms with Crippen molar-refractivity contribution in [2.75, 3.05) is 13.2 Å². The predicted molar refractivity (Wildman–Crippen MR) is 256 cm³/mol. The van der Waals surface area contributed by atoms with E-state index in [1.807, 2.05) is 0 Å². The fourth-order valence-electron chi connectivity index (χ4n) is 6.96. The molecular weight excluding hydrogens is 745 g/mol. The number of ether oxygens (including phenoxy) is 3. The zero-order valence-electron chi connectivity index (χ0n) is 39.5. The lowest BCUT2D eigenvalue weighted by atomic mass is 10.0. The molecule has 0 fully saturated rings. The molecule has 0 N–H and O–H groups in total. The van der Waals surface area contributed by atoms with E-state index in [4.69, 9.17) is 14.2 Å². The van der Waals surface area contributed by atoms with Gasteiger partial charge in [0.25, 0.3) is 0 Å². The van der Waals surface area contributed by atoms with Crippen LogP contribution in [-0.4, -0.2) is 37.2 Å². The molecule has 0 aromatic carbocycles. The molecule has 0 aliphatic carbocycles. The highest BCUT2D eigenvalue weighted by Gasteiger charge is 2.19. The van der Waals surface area contributed by atoms with E-state index >= 15 is 0 Å². The quantitative estimate of drug-likeness (QED) is 0.0263. The van der Waals surface area contributed by atoms with Gasteiger partial charge in [-0.2, -0.15) is 0 Å². The smallest absolute Gasteiger partial charge is 0.306 e. The lowest BCUT2D eigenvalue weighted by Gasteiger charge is -2.18. The van der Waals surface area contributed by atoms with Gasteiger partial charge in [-0.3, -0.25) is 14.4 Å². The molecule has 6 heteroatoms. The number of esters is 3. The van der Waals surface area contributed by atoms with Gasteiger partial charge in [0.05, 0.1) is 0 Å². The van der Waals surface area contributed by atoms with Crippen LogP contribution in [0.1, 0.15) is 245 Å². The Labute approximate surface area is 370 Å². The van der Waals surface area contributed by atoms with Crippen molar-refractivity contribution in [3.63, 3.8) is 0 Å². The van der Waals surface area contributed by atoms with Crippen LogP contribution in [0.2, 0.25) is 0 Å². The van der Waals surface area contributed by atoms with Crippen LogP contribution in [0.5, 0.6) is 0 Å². The monoisotopic (exact) mass is 839 g/mol. The van der Waals surface area contributed by atoms with E-state index in [1.165, 1.54) is 89.9 Å². The molecule has 0 aromatic heterocycles. The molecule has 0 aromatic rings. The van der Waals surface area contributed by atoms with Gasteiger partial charge in [0, 0.05) is 19.3 Å². The number of rotatable bonds is 45. The molecule has 0 rings (SSSR count). The van der Waals surface area contributed by atoms with Crippen molar-refractivity contribution >= 4 is 17.9 Å². The number of hydrogen-bond donors (Lipinski definition) is 0. The van der Waals surface area contributed by atoms with Crippen molar-refractivity contribution in [2.45, 2.75) is 252 Å². The van der Waals surface area contributed by atoms with E-state index in [1.54, 1.807) is 0 Å². The van der Waals surface area contributed by atoms with Crippen molar-refractivity contribution in [1.29, 1.82) is 0 Å². The van der Waals surface area contributed by atoms with Crippen molar-refractivity contribution in [3.8, 4) is 0 Å². The summed E-state index contributed by atoms with van der Waals surface area (Å²) in [6, 6.07) is 0. The molecule has 0 aliphatic rings. The minimum absolute atomic E-state index is 0.0857. The molecule has 0 radical (unpaired) electrons. The highest BCUT2D eigenvalue weighted by atomic mass is 16.6. The van der Waals surface area contributed by atoms with Crippen LogP contribution in [0.4, 0.5) is 0 Å². The van der Waals surface area contributed by atoms with Crippen molar-refractivity contribution < 1.29 is 28.6 Å². The van der Waals surface area contributed by atoms with Gasteiger partial charge in [-0.15, -0.1) is 0 Å². The maximum Gasteiger partial charge on any atom is 0.306 e. The molecule has 0 spiro atoms. The van der Waals surface area contributed by atoms with Crippen LogP contribution >= 0.6 is 0 Å². The molecule has 60 heavy (non-hydrogen) atoms. The highest BCUT2D eigenvalue weighted by Crippen LogP contribution is 2.15. The third-order valence-electron chi connectivity index (χ3n) is 10.8. The first-order valence-corrected chi connectivity index (χ1v) is 25.3. The van der Waals surface area contributed by atoms with E-state index in [0.717, 1.165) is 116 Å². The maximum absolute atomic E-state index is 12.8. The topological polar surface area (TPSA) is 78.9 Å². The third kappa shape index (κ3) is 46.2. The van der Waals surface area contributed by atoms with Gasteiger partial charge in [-0.1, -0.05) is 204 Å². The summed E-state index contributed by atoms with van der Waals surface area (Å²) in [5.41, 5.74) is 0. The zero-order chi connectivity index (χ0) is 43.7. The first-order valence-electron chi connectivity index (χ1n) is 25.3. The molecule has 0 bridgehead atoms. The van der Waals surface area contributed by atoms with Gasteiger partial charge in [0.2, 0.25) is 0 Å². The van der Waals surface area contributed by atoms with Crippen LogP contribution in [0.25, 0.3) is 0 Å². The molecule has 0 heterocycles. The fourth-order valence-corrected chi connectivity index (χ4v) is 6.96. The minimum atomic E-state index is -0.784. The van der Waals surface area contributed by atoms with Crippen molar-refractivity contribution in [2.24, 2.45) is 0 Å². The van der Waals surface area contributed by atoms with Crippen LogP contribution in [0.3, 0.4) is 0 Å². The molecule has 0 saturated carbocycles. The second-order valence-electron chi connectivity index (χ2n) is 16.7.